The van der Waals surface area contributed by atoms with Gasteiger partial charge in [-0.25, -0.2) is 4.79 Å². The summed E-state index contributed by atoms with van der Waals surface area (Å²) in [5.41, 5.74) is 0. The third kappa shape index (κ3) is 3.29. The van der Waals surface area contributed by atoms with Crippen LogP contribution in [0, 0.1) is 5.92 Å². The van der Waals surface area contributed by atoms with Crippen LogP contribution in [0.4, 0.5) is 4.79 Å². The van der Waals surface area contributed by atoms with Crippen LogP contribution in [0.15, 0.2) is 0 Å². The van der Waals surface area contributed by atoms with Gasteiger partial charge in [-0.2, -0.15) is 0 Å². The molecule has 120 valence electrons. The average molecular weight is 299 g/mol. The van der Waals surface area contributed by atoms with E-state index in [9.17, 15) is 14.7 Å². The Morgan fingerprint density at radius 2 is 1.95 bits per heavy atom. The van der Waals surface area contributed by atoms with Gasteiger partial charge in [0.1, 0.15) is 0 Å². The van der Waals surface area contributed by atoms with Gasteiger partial charge in [-0.15, -0.1) is 0 Å². The van der Waals surface area contributed by atoms with Gasteiger partial charge in [-0.1, -0.05) is 0 Å². The lowest BCUT2D eigenvalue weighted by molar-refractivity contribution is -0.142. The smallest absolute Gasteiger partial charge is 0.320 e. The first-order valence-corrected chi connectivity index (χ1v) is 7.44. The van der Waals surface area contributed by atoms with E-state index < -0.39 is 18.0 Å². The standard InChI is InChI=1S/C14H25N3O4/c1-9-12(13(19)20)4-5-16(9)14(21)17-8-11(18)6-10(17)7-15(2)3/h9-12,18H,4-8H2,1-3H3,(H,19,20). The van der Waals surface area contributed by atoms with Gasteiger partial charge in [-0.3, -0.25) is 4.79 Å². The number of carboxylic acid groups (broad SMARTS) is 1. The van der Waals surface area contributed by atoms with E-state index in [-0.39, 0.29) is 18.1 Å². The van der Waals surface area contributed by atoms with E-state index in [4.69, 9.17) is 5.11 Å². The number of carbonyl (C=O) groups excluding carboxylic acids is 1. The molecule has 2 aliphatic heterocycles. The van der Waals surface area contributed by atoms with Gasteiger partial charge in [0.2, 0.25) is 0 Å². The molecule has 2 N–H and O–H groups in total. The number of aliphatic hydroxyl groups excluding tert-OH is 1. The molecule has 0 aromatic rings. The maximum atomic E-state index is 12.7. The number of rotatable bonds is 3. The molecule has 0 aromatic heterocycles. The summed E-state index contributed by atoms with van der Waals surface area (Å²) < 4.78 is 0. The molecule has 7 heteroatoms. The van der Waals surface area contributed by atoms with Crippen molar-refractivity contribution in [2.24, 2.45) is 5.92 Å². The van der Waals surface area contributed by atoms with E-state index in [2.05, 4.69) is 0 Å². The van der Waals surface area contributed by atoms with Gasteiger partial charge in [0.05, 0.1) is 12.0 Å². The molecule has 0 aromatic carbocycles. The summed E-state index contributed by atoms with van der Waals surface area (Å²) in [6.07, 6.45) is 0.581. The molecule has 4 unspecified atom stereocenters. The number of hydrogen-bond donors (Lipinski definition) is 2. The molecule has 2 amide bonds. The van der Waals surface area contributed by atoms with Crippen molar-refractivity contribution < 1.29 is 19.8 Å². The molecule has 2 aliphatic rings. The number of nitrogens with zero attached hydrogens (tertiary/aromatic N) is 3. The van der Waals surface area contributed by atoms with Gasteiger partial charge >= 0.3 is 12.0 Å². The Hall–Kier alpha value is -1.34. The van der Waals surface area contributed by atoms with Crippen LogP contribution in [0.1, 0.15) is 19.8 Å². The lowest BCUT2D eigenvalue weighted by atomic mass is 10.0. The Kier molecular flexibility index (Phi) is 4.73. The van der Waals surface area contributed by atoms with E-state index >= 15 is 0 Å². The monoisotopic (exact) mass is 299 g/mol. The Morgan fingerprint density at radius 3 is 2.48 bits per heavy atom. The lowest BCUT2D eigenvalue weighted by Gasteiger charge is -2.33. The van der Waals surface area contributed by atoms with E-state index in [1.54, 1.807) is 16.7 Å². The molecule has 0 radical (unpaired) electrons. The Bertz CT molecular complexity index is 415. The van der Waals surface area contributed by atoms with Gasteiger partial charge in [0.15, 0.2) is 0 Å². The zero-order chi connectivity index (χ0) is 15.7. The Morgan fingerprint density at radius 1 is 1.29 bits per heavy atom. The van der Waals surface area contributed by atoms with E-state index in [0.717, 1.165) is 0 Å². The molecular weight excluding hydrogens is 274 g/mol. The first-order chi connectivity index (χ1) is 9.81. The third-order valence-electron chi connectivity index (χ3n) is 4.53. The highest BCUT2D eigenvalue weighted by Gasteiger charge is 2.43. The number of carbonyl (C=O) groups is 2. The molecule has 2 saturated heterocycles. The molecule has 2 heterocycles. The van der Waals surface area contributed by atoms with Crippen molar-refractivity contribution in [1.29, 1.82) is 0 Å². The fraction of sp³-hybridized carbons (Fsp3) is 0.857. The average Bonchev–Trinajstić information content (AvgIpc) is 2.91. The number of hydrogen-bond acceptors (Lipinski definition) is 4. The minimum Gasteiger partial charge on any atom is -0.481 e. The Labute approximate surface area is 125 Å². The predicted molar refractivity (Wildman–Crippen MR) is 77.0 cm³/mol. The maximum Gasteiger partial charge on any atom is 0.320 e. The SMILES string of the molecule is CC1C(C(=O)O)CCN1C(=O)N1CC(O)CC1CN(C)C. The second-order valence-corrected chi connectivity index (χ2v) is 6.41. The molecule has 2 rings (SSSR count). The minimum atomic E-state index is -0.843. The largest absolute Gasteiger partial charge is 0.481 e. The number of aliphatic carboxylic acids is 1. The quantitative estimate of drug-likeness (QED) is 0.760. The molecule has 2 fully saturated rings. The summed E-state index contributed by atoms with van der Waals surface area (Å²) in [4.78, 5) is 29.2. The molecule has 0 aliphatic carbocycles. The number of likely N-dealkylation sites (tertiary alicyclic amines) is 2. The summed E-state index contributed by atoms with van der Waals surface area (Å²) in [6, 6.07) is -0.457. The summed E-state index contributed by atoms with van der Waals surface area (Å²) in [6.45, 7) is 3.29. The molecule has 0 bridgehead atoms. The van der Waals surface area contributed by atoms with Gasteiger partial charge in [-0.05, 0) is 33.9 Å². The summed E-state index contributed by atoms with van der Waals surface area (Å²) in [7, 11) is 3.87. The number of urea groups is 1. The maximum absolute atomic E-state index is 12.7. The highest BCUT2D eigenvalue weighted by Crippen LogP contribution is 2.28. The number of aliphatic hydroxyl groups is 1. The van der Waals surface area contributed by atoms with Crippen molar-refractivity contribution in [2.45, 2.75) is 38.0 Å². The van der Waals surface area contributed by atoms with E-state index in [1.165, 1.54) is 0 Å². The van der Waals surface area contributed by atoms with Gasteiger partial charge in [0, 0.05) is 31.7 Å². The van der Waals surface area contributed by atoms with Crippen LogP contribution >= 0.6 is 0 Å². The number of amides is 2. The molecule has 0 saturated carbocycles. The fourth-order valence-corrected chi connectivity index (χ4v) is 3.43. The third-order valence-corrected chi connectivity index (χ3v) is 4.53. The summed E-state index contributed by atoms with van der Waals surface area (Å²) in [5.74, 6) is -1.34. The van der Waals surface area contributed by atoms with Crippen LogP contribution in [0.3, 0.4) is 0 Å². The number of likely N-dealkylation sites (N-methyl/N-ethyl adjacent to an activating group) is 1. The van der Waals surface area contributed by atoms with Gasteiger partial charge < -0.3 is 24.9 Å². The first-order valence-electron chi connectivity index (χ1n) is 7.44. The zero-order valence-electron chi connectivity index (χ0n) is 12.9. The van der Waals surface area contributed by atoms with Crippen LogP contribution in [0.25, 0.3) is 0 Å². The second-order valence-electron chi connectivity index (χ2n) is 6.41. The minimum absolute atomic E-state index is 0.0152. The van der Waals surface area contributed by atoms with Crippen molar-refractivity contribution in [3.05, 3.63) is 0 Å². The van der Waals surface area contributed by atoms with Gasteiger partial charge in [0.25, 0.3) is 0 Å². The van der Waals surface area contributed by atoms with Crippen LogP contribution in [-0.4, -0.2) is 88.8 Å². The van der Waals surface area contributed by atoms with Crippen molar-refractivity contribution >= 4 is 12.0 Å². The molecule has 7 nitrogen and oxygen atoms in total. The first kappa shape index (κ1) is 16.0. The van der Waals surface area contributed by atoms with Crippen LogP contribution in [0.5, 0.6) is 0 Å². The normalized spacial score (nSPS) is 33.0. The van der Waals surface area contributed by atoms with Crippen molar-refractivity contribution in [3.63, 3.8) is 0 Å². The summed E-state index contributed by atoms with van der Waals surface area (Å²) >= 11 is 0. The molecule has 21 heavy (non-hydrogen) atoms. The topological polar surface area (TPSA) is 84.3 Å². The van der Waals surface area contributed by atoms with Crippen LogP contribution in [-0.2, 0) is 4.79 Å². The van der Waals surface area contributed by atoms with Crippen LogP contribution < -0.4 is 0 Å². The lowest BCUT2D eigenvalue weighted by Crippen LogP contribution is -2.50. The number of β-amino-alcohol motifs (C(OH)–C–C–N with tert-alkyl or cyclic N) is 1. The Balaban J connectivity index is 2.06. The second kappa shape index (κ2) is 6.19. The molecule has 0 spiro atoms. The van der Waals surface area contributed by atoms with E-state index in [0.29, 0.717) is 32.5 Å². The number of carboxylic acids is 1. The molecular formula is C14H25N3O4. The highest BCUT2D eigenvalue weighted by atomic mass is 16.4. The molecule has 4 atom stereocenters. The van der Waals surface area contributed by atoms with Crippen LogP contribution in [0.2, 0.25) is 0 Å². The highest BCUT2D eigenvalue weighted by molar-refractivity contribution is 5.78. The summed E-state index contributed by atoms with van der Waals surface area (Å²) in [5, 5.41) is 19.0. The zero-order valence-corrected chi connectivity index (χ0v) is 12.9. The fourth-order valence-electron chi connectivity index (χ4n) is 3.43. The van der Waals surface area contributed by atoms with Crippen molar-refractivity contribution in [1.82, 2.24) is 14.7 Å². The van der Waals surface area contributed by atoms with Crippen molar-refractivity contribution in [3.8, 4) is 0 Å². The van der Waals surface area contributed by atoms with E-state index in [1.807, 2.05) is 19.0 Å². The predicted octanol–water partition coefficient (Wildman–Crippen LogP) is -0.102. The van der Waals surface area contributed by atoms with Crippen molar-refractivity contribution in [2.75, 3.05) is 33.7 Å².